The summed E-state index contributed by atoms with van der Waals surface area (Å²) >= 11 is 0. The van der Waals surface area contributed by atoms with Gasteiger partial charge in [0.1, 0.15) is 5.75 Å². The van der Waals surface area contributed by atoms with Crippen LogP contribution in [0.4, 0.5) is 5.69 Å². The first kappa shape index (κ1) is 25.6. The minimum atomic E-state index is -0.0899. The van der Waals surface area contributed by atoms with E-state index >= 15 is 0 Å². The molecule has 1 aromatic heterocycles. The van der Waals surface area contributed by atoms with E-state index in [4.69, 9.17) is 14.6 Å². The van der Waals surface area contributed by atoms with Crippen molar-refractivity contribution in [3.05, 3.63) is 89.2 Å². The number of hydrogen-bond acceptors (Lipinski definition) is 4. The van der Waals surface area contributed by atoms with Gasteiger partial charge in [-0.2, -0.15) is 5.10 Å². The van der Waals surface area contributed by atoms with Crippen LogP contribution < -0.4 is 9.64 Å². The van der Waals surface area contributed by atoms with Crippen LogP contribution in [0.3, 0.4) is 0 Å². The topological polar surface area (TPSA) is 56.6 Å². The Hall–Kier alpha value is -3.64. The van der Waals surface area contributed by atoms with Crippen molar-refractivity contribution < 1.29 is 14.3 Å². The second-order valence-corrected chi connectivity index (χ2v) is 11.9. The Morgan fingerprint density at radius 3 is 2.44 bits per heavy atom. The lowest BCUT2D eigenvalue weighted by atomic mass is 9.92. The summed E-state index contributed by atoms with van der Waals surface area (Å²) in [5.41, 5.74) is 5.16. The molecule has 6 rings (SSSR count). The Balaban J connectivity index is 1.20. The van der Waals surface area contributed by atoms with Gasteiger partial charge in [0.05, 0.1) is 43.3 Å². The van der Waals surface area contributed by atoms with Crippen LogP contribution in [0.15, 0.2) is 67.0 Å². The molecule has 3 aromatic carbocycles. The van der Waals surface area contributed by atoms with Gasteiger partial charge in [-0.25, -0.2) is 0 Å². The molecule has 6 nitrogen and oxygen atoms in total. The Labute approximate surface area is 230 Å². The third-order valence-corrected chi connectivity index (χ3v) is 7.96. The van der Waals surface area contributed by atoms with Crippen LogP contribution in [0, 0.1) is 0 Å². The number of benzene rings is 3. The van der Waals surface area contributed by atoms with Crippen LogP contribution in [0.2, 0.25) is 0 Å². The first-order chi connectivity index (χ1) is 18.8. The van der Waals surface area contributed by atoms with Gasteiger partial charge in [-0.05, 0) is 92.8 Å². The molecule has 0 saturated heterocycles. The summed E-state index contributed by atoms with van der Waals surface area (Å²) < 4.78 is 13.6. The lowest BCUT2D eigenvalue weighted by Gasteiger charge is -2.33. The molecule has 0 atom stereocenters. The molecule has 202 valence electrons. The van der Waals surface area contributed by atoms with E-state index in [2.05, 4.69) is 49.8 Å². The summed E-state index contributed by atoms with van der Waals surface area (Å²) in [6.07, 6.45) is 9.68. The van der Waals surface area contributed by atoms with Crippen molar-refractivity contribution in [2.24, 2.45) is 0 Å². The zero-order valence-corrected chi connectivity index (χ0v) is 23.3. The molecular formula is C33H37N3O3. The fraction of sp³-hybridized carbons (Fsp3) is 0.394. The van der Waals surface area contributed by atoms with E-state index in [-0.39, 0.29) is 11.5 Å². The predicted molar refractivity (Wildman–Crippen MR) is 155 cm³/mol. The second kappa shape index (κ2) is 10.2. The van der Waals surface area contributed by atoms with Gasteiger partial charge < -0.3 is 14.4 Å². The van der Waals surface area contributed by atoms with Crippen LogP contribution >= 0.6 is 0 Å². The largest absolute Gasteiger partial charge is 0.497 e. The number of nitrogens with zero attached hydrogens (tertiary/aromatic N) is 3. The molecule has 1 amide bonds. The number of aromatic nitrogens is 2. The molecule has 39 heavy (non-hydrogen) atoms. The van der Waals surface area contributed by atoms with E-state index in [1.807, 2.05) is 47.5 Å². The SMILES string of the molecule is COc1ccc(CN2C(=O)c3cccc4c(Cc5cnn(C6CCC(OC(C)(C)C)CC6)c5)ccc2c34)cc1. The fourth-order valence-corrected chi connectivity index (χ4v) is 6.15. The highest BCUT2D eigenvalue weighted by Crippen LogP contribution is 2.40. The van der Waals surface area contributed by atoms with Crippen molar-refractivity contribution in [1.82, 2.24) is 9.78 Å². The van der Waals surface area contributed by atoms with Crippen LogP contribution in [0.1, 0.15) is 79.5 Å². The molecular weight excluding hydrogens is 486 g/mol. The van der Waals surface area contributed by atoms with Crippen LogP contribution in [-0.2, 0) is 17.7 Å². The molecule has 1 aliphatic heterocycles. The van der Waals surface area contributed by atoms with Crippen LogP contribution in [-0.4, -0.2) is 34.5 Å². The van der Waals surface area contributed by atoms with E-state index < -0.39 is 0 Å². The zero-order valence-electron chi connectivity index (χ0n) is 23.3. The quantitative estimate of drug-likeness (QED) is 0.259. The van der Waals surface area contributed by atoms with E-state index in [1.165, 1.54) is 11.1 Å². The molecule has 2 heterocycles. The highest BCUT2D eigenvalue weighted by Gasteiger charge is 2.31. The molecule has 1 saturated carbocycles. The van der Waals surface area contributed by atoms with Gasteiger partial charge in [0.2, 0.25) is 0 Å². The van der Waals surface area contributed by atoms with Gasteiger partial charge in [-0.3, -0.25) is 9.48 Å². The average Bonchev–Trinajstić information content (AvgIpc) is 3.50. The van der Waals surface area contributed by atoms with Crippen molar-refractivity contribution in [3.8, 4) is 5.75 Å². The highest BCUT2D eigenvalue weighted by atomic mass is 16.5. The summed E-state index contributed by atoms with van der Waals surface area (Å²) in [5, 5.41) is 6.95. The number of anilines is 1. The normalized spacial score (nSPS) is 19.2. The molecule has 6 heteroatoms. The number of hydrogen-bond donors (Lipinski definition) is 0. The molecule has 0 N–H and O–H groups in total. The average molecular weight is 524 g/mol. The molecule has 2 aliphatic rings. The summed E-state index contributed by atoms with van der Waals surface area (Å²) in [6.45, 7) is 6.93. The highest BCUT2D eigenvalue weighted by molar-refractivity contribution is 6.25. The maximum absolute atomic E-state index is 13.4. The van der Waals surface area contributed by atoms with Gasteiger partial charge in [0.25, 0.3) is 5.91 Å². The molecule has 0 spiro atoms. The molecule has 1 fully saturated rings. The smallest absolute Gasteiger partial charge is 0.259 e. The monoisotopic (exact) mass is 523 g/mol. The van der Waals surface area contributed by atoms with Gasteiger partial charge >= 0.3 is 0 Å². The van der Waals surface area contributed by atoms with Crippen molar-refractivity contribution in [2.45, 2.75) is 77.2 Å². The van der Waals surface area contributed by atoms with E-state index in [0.717, 1.165) is 65.4 Å². The Morgan fingerprint density at radius 2 is 1.72 bits per heavy atom. The first-order valence-corrected chi connectivity index (χ1v) is 14.0. The Kier molecular flexibility index (Phi) is 6.67. The predicted octanol–water partition coefficient (Wildman–Crippen LogP) is 7.09. The standard InChI is InChI=1S/C33H37N3O3/c1-33(2,3)39-27-15-11-25(12-16-27)36-21-23(19-34-36)18-24-10-17-30-31-28(24)6-5-7-29(31)32(37)35(30)20-22-8-13-26(38-4)14-9-22/h5-10,13-14,17,19,21,25,27H,11-12,15-16,18,20H2,1-4H3. The molecule has 4 aromatic rings. The van der Waals surface area contributed by atoms with Gasteiger partial charge in [-0.1, -0.05) is 30.3 Å². The minimum absolute atomic E-state index is 0.0578. The number of carbonyl (C=O) groups is 1. The summed E-state index contributed by atoms with van der Waals surface area (Å²) in [6, 6.07) is 18.7. The molecule has 1 aliphatic carbocycles. The maximum Gasteiger partial charge on any atom is 0.259 e. The van der Waals surface area contributed by atoms with Crippen molar-refractivity contribution in [1.29, 1.82) is 0 Å². The number of ether oxygens (including phenoxy) is 2. The third kappa shape index (κ3) is 5.18. The molecule has 0 radical (unpaired) electrons. The summed E-state index contributed by atoms with van der Waals surface area (Å²) in [5.74, 6) is 0.870. The van der Waals surface area contributed by atoms with Crippen LogP contribution in [0.25, 0.3) is 10.8 Å². The van der Waals surface area contributed by atoms with Crippen molar-refractivity contribution >= 4 is 22.4 Å². The van der Waals surface area contributed by atoms with Crippen molar-refractivity contribution in [2.75, 3.05) is 12.0 Å². The van der Waals surface area contributed by atoms with Gasteiger partial charge in [0, 0.05) is 23.6 Å². The lowest BCUT2D eigenvalue weighted by Crippen LogP contribution is -2.31. The summed E-state index contributed by atoms with van der Waals surface area (Å²) in [4.78, 5) is 15.3. The Bertz CT molecular complexity index is 1490. The maximum atomic E-state index is 13.4. The molecule has 0 bridgehead atoms. The fourth-order valence-electron chi connectivity index (χ4n) is 6.15. The zero-order chi connectivity index (χ0) is 27.1. The number of rotatable bonds is 7. The van der Waals surface area contributed by atoms with Gasteiger partial charge in [0.15, 0.2) is 0 Å². The minimum Gasteiger partial charge on any atom is -0.497 e. The van der Waals surface area contributed by atoms with E-state index in [9.17, 15) is 4.79 Å². The van der Waals surface area contributed by atoms with E-state index in [0.29, 0.717) is 18.7 Å². The van der Waals surface area contributed by atoms with Gasteiger partial charge in [-0.15, -0.1) is 0 Å². The third-order valence-electron chi connectivity index (χ3n) is 7.96. The summed E-state index contributed by atoms with van der Waals surface area (Å²) in [7, 11) is 1.66. The lowest BCUT2D eigenvalue weighted by molar-refractivity contribution is -0.0778. The first-order valence-electron chi connectivity index (χ1n) is 14.0. The van der Waals surface area contributed by atoms with E-state index in [1.54, 1.807) is 7.11 Å². The number of carbonyl (C=O) groups excluding carboxylic acids is 1. The second-order valence-electron chi connectivity index (χ2n) is 11.9. The Morgan fingerprint density at radius 1 is 0.949 bits per heavy atom. The number of methoxy groups -OCH3 is 1. The van der Waals surface area contributed by atoms with Crippen molar-refractivity contribution in [3.63, 3.8) is 0 Å². The number of amides is 1. The van der Waals surface area contributed by atoms with Crippen LogP contribution in [0.5, 0.6) is 5.75 Å². The molecule has 0 unspecified atom stereocenters.